The Morgan fingerprint density at radius 3 is 2.79 bits per heavy atom. The number of hydrogen-bond acceptors (Lipinski definition) is 3. The van der Waals surface area contributed by atoms with E-state index in [9.17, 15) is 4.79 Å². The van der Waals surface area contributed by atoms with Crippen LogP contribution < -0.4 is 10.2 Å². The standard InChI is InChI=1S/C22H26N4O2/c1-16-4-3-5-19(14-16)26-17(2)24-20-15-18(6-7-21(20)26)22(27)23-8-9-25-10-12-28-13-11-25/h3-7,14-15H,8-13H2,1-2H3,(H,23,27)/p+1. The highest BCUT2D eigenvalue weighted by Gasteiger charge is 2.15. The average Bonchev–Trinajstić information content (AvgIpc) is 3.03. The van der Waals surface area contributed by atoms with Gasteiger partial charge < -0.3 is 15.0 Å². The number of carbonyl (C=O) groups excluding carboxylic acids is 1. The molecule has 1 amide bonds. The monoisotopic (exact) mass is 379 g/mol. The van der Waals surface area contributed by atoms with Crippen molar-refractivity contribution in [3.63, 3.8) is 0 Å². The summed E-state index contributed by atoms with van der Waals surface area (Å²) >= 11 is 0. The maximum atomic E-state index is 12.6. The largest absolute Gasteiger partial charge is 0.370 e. The van der Waals surface area contributed by atoms with Crippen LogP contribution in [0.5, 0.6) is 0 Å². The van der Waals surface area contributed by atoms with E-state index in [1.54, 1.807) is 0 Å². The first-order valence-electron chi connectivity index (χ1n) is 9.87. The minimum atomic E-state index is -0.0441. The molecule has 0 unspecified atom stereocenters. The molecule has 0 bridgehead atoms. The van der Waals surface area contributed by atoms with E-state index in [0.29, 0.717) is 12.1 Å². The summed E-state index contributed by atoms with van der Waals surface area (Å²) in [6.07, 6.45) is 0. The van der Waals surface area contributed by atoms with Crippen LogP contribution in [-0.2, 0) is 4.74 Å². The van der Waals surface area contributed by atoms with E-state index in [4.69, 9.17) is 4.74 Å². The number of nitrogens with one attached hydrogen (secondary N) is 2. The molecule has 2 N–H and O–H groups in total. The van der Waals surface area contributed by atoms with E-state index in [2.05, 4.69) is 40.0 Å². The second-order valence-corrected chi connectivity index (χ2v) is 7.41. The normalized spacial score (nSPS) is 15.1. The second kappa shape index (κ2) is 8.12. The Morgan fingerprint density at radius 1 is 1.18 bits per heavy atom. The van der Waals surface area contributed by atoms with E-state index >= 15 is 0 Å². The Balaban J connectivity index is 1.49. The number of nitrogens with zero attached hydrogens (tertiary/aromatic N) is 2. The van der Waals surface area contributed by atoms with Gasteiger partial charge in [0, 0.05) is 11.3 Å². The summed E-state index contributed by atoms with van der Waals surface area (Å²) in [4.78, 5) is 18.7. The zero-order valence-electron chi connectivity index (χ0n) is 16.5. The number of quaternary nitrogens is 1. The highest BCUT2D eigenvalue weighted by Crippen LogP contribution is 2.23. The SMILES string of the molecule is Cc1cccc(-n2c(C)nc3cc(C(=O)NCC[NH+]4CCOCC4)ccc32)c1. The highest BCUT2D eigenvalue weighted by atomic mass is 16.5. The van der Waals surface area contributed by atoms with Gasteiger partial charge in [0.1, 0.15) is 18.9 Å². The maximum Gasteiger partial charge on any atom is 0.251 e. The summed E-state index contributed by atoms with van der Waals surface area (Å²) in [5.74, 6) is 0.867. The molecule has 6 nitrogen and oxygen atoms in total. The molecular formula is C22H27N4O2+. The van der Waals surface area contributed by atoms with E-state index < -0.39 is 0 Å². The van der Waals surface area contributed by atoms with Crippen molar-refractivity contribution in [2.24, 2.45) is 0 Å². The topological polar surface area (TPSA) is 60.6 Å². The smallest absolute Gasteiger partial charge is 0.251 e. The zero-order valence-corrected chi connectivity index (χ0v) is 16.5. The first-order chi connectivity index (χ1) is 13.6. The van der Waals surface area contributed by atoms with Gasteiger partial charge in [0.2, 0.25) is 0 Å². The van der Waals surface area contributed by atoms with Crippen molar-refractivity contribution in [1.82, 2.24) is 14.9 Å². The van der Waals surface area contributed by atoms with Gasteiger partial charge in [0.05, 0.1) is 37.3 Å². The van der Waals surface area contributed by atoms with Crippen LogP contribution in [-0.4, -0.2) is 54.9 Å². The number of fused-ring (bicyclic) bond motifs is 1. The van der Waals surface area contributed by atoms with Gasteiger partial charge in [-0.05, 0) is 49.7 Å². The maximum absolute atomic E-state index is 12.6. The van der Waals surface area contributed by atoms with Gasteiger partial charge in [-0.25, -0.2) is 4.98 Å². The molecular weight excluding hydrogens is 352 g/mol. The minimum Gasteiger partial charge on any atom is -0.370 e. The fourth-order valence-electron chi connectivity index (χ4n) is 3.80. The number of aryl methyl sites for hydroxylation is 2. The molecule has 1 aliphatic rings. The van der Waals surface area contributed by atoms with Crippen LogP contribution in [0.25, 0.3) is 16.7 Å². The Bertz CT molecular complexity index is 989. The molecule has 4 rings (SSSR count). The number of rotatable bonds is 5. The van der Waals surface area contributed by atoms with Crippen molar-refractivity contribution in [2.75, 3.05) is 39.4 Å². The van der Waals surface area contributed by atoms with E-state index in [0.717, 1.165) is 55.4 Å². The summed E-state index contributed by atoms with van der Waals surface area (Å²) in [5, 5.41) is 3.04. The summed E-state index contributed by atoms with van der Waals surface area (Å²) in [7, 11) is 0. The van der Waals surface area contributed by atoms with Crippen molar-refractivity contribution < 1.29 is 14.4 Å². The number of ether oxygens (including phenoxy) is 1. The molecule has 1 fully saturated rings. The predicted molar refractivity (Wildman–Crippen MR) is 109 cm³/mol. The number of benzene rings is 2. The number of aromatic nitrogens is 2. The van der Waals surface area contributed by atoms with Crippen molar-refractivity contribution in [3.8, 4) is 5.69 Å². The molecule has 146 valence electrons. The van der Waals surface area contributed by atoms with Crippen LogP contribution in [0.4, 0.5) is 0 Å². The predicted octanol–water partition coefficient (Wildman–Crippen LogP) is 1.29. The molecule has 0 saturated carbocycles. The molecule has 0 aliphatic carbocycles. The molecule has 1 saturated heterocycles. The van der Waals surface area contributed by atoms with Crippen molar-refractivity contribution in [3.05, 3.63) is 59.4 Å². The van der Waals surface area contributed by atoms with Gasteiger partial charge in [-0.1, -0.05) is 12.1 Å². The summed E-state index contributed by atoms with van der Waals surface area (Å²) < 4.78 is 7.50. The molecule has 3 aromatic rings. The molecule has 2 aromatic carbocycles. The fraction of sp³-hybridized carbons (Fsp3) is 0.364. The van der Waals surface area contributed by atoms with E-state index in [1.807, 2.05) is 31.2 Å². The molecule has 28 heavy (non-hydrogen) atoms. The van der Waals surface area contributed by atoms with Crippen molar-refractivity contribution >= 4 is 16.9 Å². The number of imidazole rings is 1. The lowest BCUT2D eigenvalue weighted by atomic mass is 10.1. The molecule has 6 heteroatoms. The number of amides is 1. The third-order valence-electron chi connectivity index (χ3n) is 5.31. The molecule has 0 radical (unpaired) electrons. The summed E-state index contributed by atoms with van der Waals surface area (Å²) in [6, 6.07) is 14.1. The van der Waals surface area contributed by atoms with Gasteiger partial charge in [0.15, 0.2) is 0 Å². The van der Waals surface area contributed by atoms with Gasteiger partial charge in [-0.2, -0.15) is 0 Å². The fourth-order valence-corrected chi connectivity index (χ4v) is 3.80. The van der Waals surface area contributed by atoms with Crippen LogP contribution in [0.2, 0.25) is 0 Å². The summed E-state index contributed by atoms with van der Waals surface area (Å²) in [6.45, 7) is 9.31. The van der Waals surface area contributed by atoms with Gasteiger partial charge >= 0.3 is 0 Å². The van der Waals surface area contributed by atoms with Gasteiger partial charge in [-0.3, -0.25) is 9.36 Å². The minimum absolute atomic E-state index is 0.0441. The quantitative estimate of drug-likeness (QED) is 0.702. The molecule has 1 aliphatic heterocycles. The highest BCUT2D eigenvalue weighted by molar-refractivity contribution is 5.97. The van der Waals surface area contributed by atoms with Gasteiger partial charge in [-0.15, -0.1) is 0 Å². The lowest BCUT2D eigenvalue weighted by Crippen LogP contribution is -3.14. The Labute approximate surface area is 165 Å². The van der Waals surface area contributed by atoms with Crippen LogP contribution in [0.3, 0.4) is 0 Å². The zero-order chi connectivity index (χ0) is 19.5. The lowest BCUT2D eigenvalue weighted by molar-refractivity contribution is -0.906. The van der Waals surface area contributed by atoms with Crippen molar-refractivity contribution in [1.29, 1.82) is 0 Å². The average molecular weight is 379 g/mol. The first-order valence-corrected chi connectivity index (χ1v) is 9.87. The number of carbonyl (C=O) groups is 1. The number of morpholine rings is 1. The van der Waals surface area contributed by atoms with Crippen LogP contribution >= 0.6 is 0 Å². The van der Waals surface area contributed by atoms with E-state index in [-0.39, 0.29) is 5.91 Å². The lowest BCUT2D eigenvalue weighted by Gasteiger charge is -2.23. The molecule has 2 heterocycles. The van der Waals surface area contributed by atoms with Crippen LogP contribution in [0.15, 0.2) is 42.5 Å². The first kappa shape index (κ1) is 18.7. The van der Waals surface area contributed by atoms with Crippen LogP contribution in [0, 0.1) is 13.8 Å². The summed E-state index contributed by atoms with van der Waals surface area (Å²) in [5.41, 5.74) is 4.80. The molecule has 0 atom stereocenters. The second-order valence-electron chi connectivity index (χ2n) is 7.41. The third-order valence-corrected chi connectivity index (χ3v) is 5.31. The van der Waals surface area contributed by atoms with Crippen LogP contribution in [0.1, 0.15) is 21.7 Å². The van der Waals surface area contributed by atoms with Gasteiger partial charge in [0.25, 0.3) is 5.91 Å². The van der Waals surface area contributed by atoms with Crippen molar-refractivity contribution in [2.45, 2.75) is 13.8 Å². The third kappa shape index (κ3) is 3.93. The Morgan fingerprint density at radius 2 is 2.00 bits per heavy atom. The molecule has 0 spiro atoms. The number of hydrogen-bond donors (Lipinski definition) is 2. The van der Waals surface area contributed by atoms with E-state index in [1.165, 1.54) is 10.5 Å². The Kier molecular flexibility index (Phi) is 5.41. The Hall–Kier alpha value is -2.70. The molecule has 1 aromatic heterocycles.